The molecule has 0 radical (unpaired) electrons. The van der Waals surface area contributed by atoms with Crippen molar-refractivity contribution >= 4 is 17.4 Å². The number of hydrogen-bond donors (Lipinski definition) is 2. The molecule has 6 nitrogen and oxygen atoms in total. The van der Waals surface area contributed by atoms with E-state index < -0.39 is 0 Å². The fourth-order valence-electron chi connectivity index (χ4n) is 2.51. The normalized spacial score (nSPS) is 11.9. The van der Waals surface area contributed by atoms with Gasteiger partial charge in [0, 0.05) is 30.8 Å². The van der Waals surface area contributed by atoms with Crippen LogP contribution >= 0.6 is 0 Å². The van der Waals surface area contributed by atoms with Gasteiger partial charge in [-0.25, -0.2) is 0 Å². The number of anilines is 1. The first-order valence-electron chi connectivity index (χ1n) is 8.12. The van der Waals surface area contributed by atoms with Crippen molar-refractivity contribution < 1.29 is 19.1 Å². The Morgan fingerprint density at radius 1 is 1.08 bits per heavy atom. The Labute approximate surface area is 146 Å². The Morgan fingerprint density at radius 2 is 1.92 bits per heavy atom. The van der Waals surface area contributed by atoms with Gasteiger partial charge >= 0.3 is 0 Å². The van der Waals surface area contributed by atoms with E-state index in [1.54, 1.807) is 12.1 Å². The zero-order valence-electron chi connectivity index (χ0n) is 14.0. The highest BCUT2D eigenvalue weighted by atomic mass is 16.7. The largest absolute Gasteiger partial charge is 0.454 e. The molecule has 0 spiro atoms. The third kappa shape index (κ3) is 4.50. The molecule has 0 fully saturated rings. The third-order valence-electron chi connectivity index (χ3n) is 3.88. The van der Waals surface area contributed by atoms with Crippen LogP contribution in [0.3, 0.4) is 0 Å². The van der Waals surface area contributed by atoms with Crippen LogP contribution in [0.4, 0.5) is 5.69 Å². The average Bonchev–Trinajstić information content (AvgIpc) is 3.08. The highest BCUT2D eigenvalue weighted by Crippen LogP contribution is 2.32. The highest BCUT2D eigenvalue weighted by molar-refractivity contribution is 5.94. The molecule has 0 aromatic heterocycles. The molecule has 25 heavy (non-hydrogen) atoms. The molecule has 0 saturated heterocycles. The lowest BCUT2D eigenvalue weighted by Crippen LogP contribution is -2.24. The van der Waals surface area contributed by atoms with Crippen molar-refractivity contribution in [2.75, 3.05) is 18.7 Å². The molecular weight excluding hydrogens is 320 g/mol. The molecule has 2 aromatic rings. The van der Waals surface area contributed by atoms with E-state index in [1.807, 2.05) is 30.3 Å². The maximum absolute atomic E-state index is 12.0. The predicted octanol–water partition coefficient (Wildman–Crippen LogP) is 2.74. The second kappa shape index (κ2) is 7.70. The summed E-state index contributed by atoms with van der Waals surface area (Å²) in [5, 5.41) is 6.03. The van der Waals surface area contributed by atoms with Gasteiger partial charge in [-0.05, 0) is 36.8 Å². The van der Waals surface area contributed by atoms with Crippen molar-refractivity contribution in [3.8, 4) is 11.5 Å². The minimum atomic E-state index is -0.0483. The van der Waals surface area contributed by atoms with Gasteiger partial charge in [0.05, 0.1) is 0 Å². The van der Waals surface area contributed by atoms with Crippen LogP contribution < -0.4 is 20.1 Å². The summed E-state index contributed by atoms with van der Waals surface area (Å²) >= 11 is 0. The van der Waals surface area contributed by atoms with Gasteiger partial charge in [0.15, 0.2) is 17.3 Å². The van der Waals surface area contributed by atoms with Gasteiger partial charge in [0.25, 0.3) is 0 Å². The first-order valence-corrected chi connectivity index (χ1v) is 8.12. The molecule has 6 heteroatoms. The summed E-state index contributed by atoms with van der Waals surface area (Å²) in [4.78, 5) is 23.3. The lowest BCUT2D eigenvalue weighted by molar-refractivity contribution is -0.121. The topological polar surface area (TPSA) is 76.7 Å². The minimum absolute atomic E-state index is 0.0186. The third-order valence-corrected chi connectivity index (χ3v) is 3.88. The molecule has 130 valence electrons. The Morgan fingerprint density at radius 3 is 2.76 bits per heavy atom. The molecule has 0 saturated carbocycles. The first kappa shape index (κ1) is 16.8. The number of ether oxygens (including phenoxy) is 2. The van der Waals surface area contributed by atoms with E-state index in [0.29, 0.717) is 30.8 Å². The molecule has 0 unspecified atom stereocenters. The predicted molar refractivity (Wildman–Crippen MR) is 94.0 cm³/mol. The summed E-state index contributed by atoms with van der Waals surface area (Å²) < 4.78 is 10.6. The van der Waals surface area contributed by atoms with Crippen LogP contribution in [-0.2, 0) is 11.3 Å². The van der Waals surface area contributed by atoms with Crippen LogP contribution in [0, 0.1) is 0 Å². The molecule has 2 N–H and O–H groups in total. The quantitative estimate of drug-likeness (QED) is 0.758. The van der Waals surface area contributed by atoms with Crippen molar-refractivity contribution in [1.82, 2.24) is 5.32 Å². The van der Waals surface area contributed by atoms with Crippen LogP contribution in [0.25, 0.3) is 0 Å². The number of amides is 1. The number of hydrogen-bond acceptors (Lipinski definition) is 5. The molecule has 0 bridgehead atoms. The van der Waals surface area contributed by atoms with Crippen molar-refractivity contribution in [2.45, 2.75) is 19.9 Å². The van der Waals surface area contributed by atoms with Crippen molar-refractivity contribution in [1.29, 1.82) is 0 Å². The standard InChI is InChI=1S/C19H20N2O4/c1-13(22)15-3-2-4-16(10-15)20-8-7-19(23)21-11-14-5-6-17-18(9-14)25-12-24-17/h2-6,9-10,20H,7-8,11-12H2,1H3,(H,21,23). The SMILES string of the molecule is CC(=O)c1cccc(NCCC(=O)NCc2ccc3c(c2)OCO3)c1. The number of carbonyl (C=O) groups is 2. The number of ketones is 1. The van der Waals surface area contributed by atoms with E-state index in [4.69, 9.17) is 9.47 Å². The highest BCUT2D eigenvalue weighted by Gasteiger charge is 2.13. The summed E-state index contributed by atoms with van der Waals surface area (Å²) in [5.41, 5.74) is 2.44. The summed E-state index contributed by atoms with van der Waals surface area (Å²) in [6.07, 6.45) is 0.342. The van der Waals surface area contributed by atoms with E-state index >= 15 is 0 Å². The van der Waals surface area contributed by atoms with Gasteiger partial charge in [-0.15, -0.1) is 0 Å². The molecule has 0 atom stereocenters. The minimum Gasteiger partial charge on any atom is -0.454 e. The summed E-state index contributed by atoms with van der Waals surface area (Å²) in [7, 11) is 0. The zero-order chi connectivity index (χ0) is 17.6. The van der Waals surface area contributed by atoms with Gasteiger partial charge < -0.3 is 20.1 Å². The lowest BCUT2D eigenvalue weighted by Gasteiger charge is -2.09. The van der Waals surface area contributed by atoms with Crippen molar-refractivity contribution in [3.05, 3.63) is 53.6 Å². The molecule has 1 aliphatic heterocycles. The number of rotatable bonds is 7. The molecule has 1 amide bonds. The smallest absolute Gasteiger partial charge is 0.231 e. The summed E-state index contributed by atoms with van der Waals surface area (Å²) in [6, 6.07) is 12.9. The van der Waals surface area contributed by atoms with E-state index in [0.717, 1.165) is 17.0 Å². The van der Waals surface area contributed by atoms with Gasteiger partial charge in [-0.1, -0.05) is 18.2 Å². The van der Waals surface area contributed by atoms with E-state index in [-0.39, 0.29) is 18.5 Å². The molecule has 1 heterocycles. The van der Waals surface area contributed by atoms with Gasteiger partial charge in [-0.3, -0.25) is 9.59 Å². The van der Waals surface area contributed by atoms with Crippen LogP contribution in [0.1, 0.15) is 29.3 Å². The van der Waals surface area contributed by atoms with Crippen molar-refractivity contribution in [3.63, 3.8) is 0 Å². The zero-order valence-corrected chi connectivity index (χ0v) is 14.0. The average molecular weight is 340 g/mol. The molecule has 3 rings (SSSR count). The fraction of sp³-hybridized carbons (Fsp3) is 0.263. The van der Waals surface area contributed by atoms with Crippen LogP contribution in [-0.4, -0.2) is 25.0 Å². The van der Waals surface area contributed by atoms with Gasteiger partial charge in [-0.2, -0.15) is 0 Å². The van der Waals surface area contributed by atoms with E-state index in [1.165, 1.54) is 6.92 Å². The number of benzene rings is 2. The van der Waals surface area contributed by atoms with Crippen LogP contribution in [0.5, 0.6) is 11.5 Å². The maximum Gasteiger partial charge on any atom is 0.231 e. The van der Waals surface area contributed by atoms with E-state index in [2.05, 4.69) is 10.6 Å². The van der Waals surface area contributed by atoms with Crippen LogP contribution in [0.2, 0.25) is 0 Å². The number of fused-ring (bicyclic) bond motifs is 1. The van der Waals surface area contributed by atoms with E-state index in [9.17, 15) is 9.59 Å². The first-order chi connectivity index (χ1) is 12.1. The summed E-state index contributed by atoms with van der Waals surface area (Å²) in [5.74, 6) is 1.41. The Balaban J connectivity index is 1.42. The number of Topliss-reactive ketones (excluding diaryl/α,β-unsaturated/α-hetero) is 1. The second-order valence-corrected chi connectivity index (χ2v) is 5.78. The van der Waals surface area contributed by atoms with Crippen molar-refractivity contribution in [2.24, 2.45) is 0 Å². The fourth-order valence-corrected chi connectivity index (χ4v) is 2.51. The monoisotopic (exact) mass is 340 g/mol. The molecule has 1 aliphatic rings. The summed E-state index contributed by atoms with van der Waals surface area (Å²) in [6.45, 7) is 2.70. The lowest BCUT2D eigenvalue weighted by atomic mass is 10.1. The number of nitrogens with one attached hydrogen (secondary N) is 2. The maximum atomic E-state index is 12.0. The Hall–Kier alpha value is -3.02. The van der Waals surface area contributed by atoms with Gasteiger partial charge in [0.1, 0.15) is 0 Å². The Kier molecular flexibility index (Phi) is 5.18. The number of carbonyl (C=O) groups excluding carboxylic acids is 2. The van der Waals surface area contributed by atoms with Crippen LogP contribution in [0.15, 0.2) is 42.5 Å². The molecule has 2 aromatic carbocycles. The van der Waals surface area contributed by atoms with Gasteiger partial charge in [0.2, 0.25) is 12.7 Å². The molecular formula is C19H20N2O4. The molecule has 0 aliphatic carbocycles. The second-order valence-electron chi connectivity index (χ2n) is 5.78. The Bertz CT molecular complexity index is 789.